The number of halogens is 1. The van der Waals surface area contributed by atoms with E-state index in [1.807, 2.05) is 0 Å². The van der Waals surface area contributed by atoms with Crippen molar-refractivity contribution >= 4 is 23.4 Å². The van der Waals surface area contributed by atoms with E-state index in [1.165, 1.54) is 0 Å². The van der Waals surface area contributed by atoms with Gasteiger partial charge in [0.1, 0.15) is 11.9 Å². The zero-order chi connectivity index (χ0) is 14.0. The molecule has 0 saturated heterocycles. The highest BCUT2D eigenvalue weighted by molar-refractivity contribution is 6.34. The first-order chi connectivity index (χ1) is 9.01. The third-order valence-electron chi connectivity index (χ3n) is 3.07. The van der Waals surface area contributed by atoms with Crippen LogP contribution in [0.3, 0.4) is 0 Å². The summed E-state index contributed by atoms with van der Waals surface area (Å²) in [4.78, 5) is 10.7. The van der Waals surface area contributed by atoms with Crippen molar-refractivity contribution in [1.29, 1.82) is 0 Å². The number of nitrogens with two attached hydrogens (primary N) is 1. The minimum Gasteiger partial charge on any atom is -0.490 e. The SMILES string of the molecule is NC(=NO)c1ccc(OC2CC(C(=O)O)C2)cc1Cl. The molecule has 6 nitrogen and oxygen atoms in total. The van der Waals surface area contributed by atoms with Crippen LogP contribution in [-0.4, -0.2) is 28.2 Å². The second-order valence-electron chi connectivity index (χ2n) is 4.37. The normalized spacial score (nSPS) is 22.7. The number of hydrogen-bond donors (Lipinski definition) is 3. The van der Waals surface area contributed by atoms with Crippen LogP contribution in [0, 0.1) is 5.92 Å². The van der Waals surface area contributed by atoms with Crippen molar-refractivity contribution < 1.29 is 19.8 Å². The summed E-state index contributed by atoms with van der Waals surface area (Å²) in [7, 11) is 0. The highest BCUT2D eigenvalue weighted by Crippen LogP contribution is 2.32. The van der Waals surface area contributed by atoms with Gasteiger partial charge >= 0.3 is 5.97 Å². The standard InChI is InChI=1S/C12H13ClN2O4/c13-10-5-7(1-2-9(10)11(14)15-18)19-8-3-6(4-8)12(16)17/h1-2,5-6,8,18H,3-4H2,(H2,14,15)(H,16,17). The Balaban J connectivity index is 2.00. The van der Waals surface area contributed by atoms with E-state index in [0.717, 1.165) is 0 Å². The average Bonchev–Trinajstić information content (AvgIpc) is 2.32. The Morgan fingerprint density at radius 3 is 2.68 bits per heavy atom. The summed E-state index contributed by atoms with van der Waals surface area (Å²) < 4.78 is 5.59. The van der Waals surface area contributed by atoms with E-state index in [9.17, 15) is 4.79 Å². The number of amidine groups is 1. The molecule has 1 aromatic rings. The van der Waals surface area contributed by atoms with Crippen molar-refractivity contribution in [2.75, 3.05) is 0 Å². The number of carboxylic acid groups (broad SMARTS) is 1. The van der Waals surface area contributed by atoms with Crippen LogP contribution < -0.4 is 10.5 Å². The Morgan fingerprint density at radius 2 is 2.16 bits per heavy atom. The van der Waals surface area contributed by atoms with Crippen molar-refractivity contribution in [2.24, 2.45) is 16.8 Å². The zero-order valence-corrected chi connectivity index (χ0v) is 10.7. The van der Waals surface area contributed by atoms with Crippen molar-refractivity contribution in [3.63, 3.8) is 0 Å². The average molecular weight is 285 g/mol. The third-order valence-corrected chi connectivity index (χ3v) is 3.38. The predicted octanol–water partition coefficient (Wildman–Crippen LogP) is 1.68. The van der Waals surface area contributed by atoms with Gasteiger partial charge in [0.25, 0.3) is 0 Å². The topological polar surface area (TPSA) is 105 Å². The van der Waals surface area contributed by atoms with Gasteiger partial charge in [-0.15, -0.1) is 0 Å². The van der Waals surface area contributed by atoms with E-state index in [0.29, 0.717) is 29.2 Å². The molecular formula is C12H13ClN2O4. The number of aliphatic carboxylic acids is 1. The number of oxime groups is 1. The monoisotopic (exact) mass is 284 g/mol. The summed E-state index contributed by atoms with van der Waals surface area (Å²) in [6, 6.07) is 4.79. The van der Waals surface area contributed by atoms with Gasteiger partial charge in [-0.2, -0.15) is 0 Å². The summed E-state index contributed by atoms with van der Waals surface area (Å²) in [6.07, 6.45) is 0.885. The number of hydrogen-bond acceptors (Lipinski definition) is 4. The number of carbonyl (C=O) groups is 1. The Hall–Kier alpha value is -1.95. The Kier molecular flexibility index (Phi) is 3.80. The molecule has 0 bridgehead atoms. The maximum absolute atomic E-state index is 10.7. The van der Waals surface area contributed by atoms with E-state index < -0.39 is 5.97 Å². The van der Waals surface area contributed by atoms with Gasteiger partial charge in [0, 0.05) is 5.56 Å². The number of benzene rings is 1. The molecule has 1 saturated carbocycles. The predicted molar refractivity (Wildman–Crippen MR) is 68.7 cm³/mol. The molecule has 0 spiro atoms. The molecule has 0 amide bonds. The third kappa shape index (κ3) is 2.90. The van der Waals surface area contributed by atoms with Gasteiger partial charge in [0.05, 0.1) is 10.9 Å². The maximum atomic E-state index is 10.7. The first kappa shape index (κ1) is 13.5. The Labute approximate surface area is 114 Å². The summed E-state index contributed by atoms with van der Waals surface area (Å²) in [6.45, 7) is 0. The van der Waals surface area contributed by atoms with Crippen molar-refractivity contribution in [3.8, 4) is 5.75 Å². The van der Waals surface area contributed by atoms with Gasteiger partial charge in [0.15, 0.2) is 5.84 Å². The van der Waals surface area contributed by atoms with Crippen molar-refractivity contribution in [3.05, 3.63) is 28.8 Å². The quantitative estimate of drug-likeness (QED) is 0.338. The maximum Gasteiger partial charge on any atom is 0.306 e. The minimum atomic E-state index is -0.792. The van der Waals surface area contributed by atoms with Crippen LogP contribution in [0.15, 0.2) is 23.4 Å². The number of ether oxygens (including phenoxy) is 1. The summed E-state index contributed by atoms with van der Waals surface area (Å²) in [5.74, 6) is -0.656. The first-order valence-electron chi connectivity index (χ1n) is 5.68. The number of rotatable bonds is 4. The van der Waals surface area contributed by atoms with Crippen LogP contribution >= 0.6 is 11.6 Å². The molecule has 0 radical (unpaired) electrons. The lowest BCUT2D eigenvalue weighted by atomic mass is 9.82. The molecule has 0 unspecified atom stereocenters. The first-order valence-corrected chi connectivity index (χ1v) is 6.06. The highest BCUT2D eigenvalue weighted by Gasteiger charge is 2.36. The van der Waals surface area contributed by atoms with Crippen LogP contribution in [0.25, 0.3) is 0 Å². The molecule has 1 fully saturated rings. The smallest absolute Gasteiger partial charge is 0.306 e. The lowest BCUT2D eigenvalue weighted by Crippen LogP contribution is -2.38. The molecule has 2 rings (SSSR count). The Morgan fingerprint density at radius 1 is 1.47 bits per heavy atom. The second kappa shape index (κ2) is 5.36. The van der Waals surface area contributed by atoms with Crippen LogP contribution in [0.5, 0.6) is 5.75 Å². The van der Waals surface area contributed by atoms with Gasteiger partial charge in [-0.05, 0) is 31.0 Å². The lowest BCUT2D eigenvalue weighted by Gasteiger charge is -2.32. The van der Waals surface area contributed by atoms with Crippen LogP contribution in [0.4, 0.5) is 0 Å². The summed E-state index contributed by atoms with van der Waals surface area (Å²) >= 11 is 5.98. The lowest BCUT2D eigenvalue weighted by molar-refractivity contribution is -0.147. The number of carboxylic acids is 1. The van der Waals surface area contributed by atoms with E-state index in [4.69, 9.17) is 32.4 Å². The molecule has 0 heterocycles. The molecule has 19 heavy (non-hydrogen) atoms. The highest BCUT2D eigenvalue weighted by atomic mass is 35.5. The van der Waals surface area contributed by atoms with E-state index >= 15 is 0 Å². The molecule has 102 valence electrons. The van der Waals surface area contributed by atoms with E-state index in [1.54, 1.807) is 18.2 Å². The van der Waals surface area contributed by atoms with Gasteiger partial charge in [-0.1, -0.05) is 16.8 Å². The van der Waals surface area contributed by atoms with Crippen molar-refractivity contribution in [1.82, 2.24) is 0 Å². The van der Waals surface area contributed by atoms with Gasteiger partial charge in [-0.25, -0.2) is 0 Å². The summed E-state index contributed by atoms with van der Waals surface area (Å²) in [5.41, 5.74) is 5.86. The molecule has 1 aliphatic carbocycles. The fourth-order valence-electron chi connectivity index (χ4n) is 1.89. The van der Waals surface area contributed by atoms with Gasteiger partial charge in [-0.3, -0.25) is 4.79 Å². The van der Waals surface area contributed by atoms with Crippen LogP contribution in [0.1, 0.15) is 18.4 Å². The Bertz CT molecular complexity index is 526. The zero-order valence-electron chi connectivity index (χ0n) is 9.91. The molecule has 1 aromatic carbocycles. The molecular weight excluding hydrogens is 272 g/mol. The van der Waals surface area contributed by atoms with Crippen LogP contribution in [-0.2, 0) is 4.79 Å². The van der Waals surface area contributed by atoms with E-state index in [-0.39, 0.29) is 17.9 Å². The fourth-order valence-corrected chi connectivity index (χ4v) is 2.15. The summed E-state index contributed by atoms with van der Waals surface area (Å²) in [5, 5.41) is 20.5. The largest absolute Gasteiger partial charge is 0.490 e. The molecule has 0 aromatic heterocycles. The van der Waals surface area contributed by atoms with Gasteiger partial charge < -0.3 is 20.8 Å². The molecule has 0 aliphatic heterocycles. The molecule has 0 atom stereocenters. The fraction of sp³-hybridized carbons (Fsp3) is 0.333. The molecule has 4 N–H and O–H groups in total. The van der Waals surface area contributed by atoms with Gasteiger partial charge in [0.2, 0.25) is 0 Å². The van der Waals surface area contributed by atoms with E-state index in [2.05, 4.69) is 5.16 Å². The van der Waals surface area contributed by atoms with Crippen molar-refractivity contribution in [2.45, 2.75) is 18.9 Å². The second-order valence-corrected chi connectivity index (χ2v) is 4.78. The minimum absolute atomic E-state index is 0.0777. The number of nitrogens with zero attached hydrogens (tertiary/aromatic N) is 1. The van der Waals surface area contributed by atoms with Crippen LogP contribution in [0.2, 0.25) is 5.02 Å². The molecule has 7 heteroatoms. The molecule has 1 aliphatic rings.